The molecule has 0 spiro atoms. The number of esters is 1. The van der Waals surface area contributed by atoms with Gasteiger partial charge >= 0.3 is 5.97 Å². The van der Waals surface area contributed by atoms with Crippen LogP contribution in [-0.2, 0) is 11.2 Å². The Morgan fingerprint density at radius 2 is 1.83 bits per heavy atom. The zero-order valence-corrected chi connectivity index (χ0v) is 16.2. The predicted molar refractivity (Wildman–Crippen MR) is 98.1 cm³/mol. The molecule has 0 N–H and O–H groups in total. The standard InChI is InChI=1S/C21H32O3/c1-7-8-9-10-12-21(6)13-11-18-16(4)19(23-17(5)22)14(2)15(3)20(18)24-21/h7-13H2,1-6H3/t21-/m0/s1. The fourth-order valence-electron chi connectivity index (χ4n) is 3.68. The van der Waals surface area contributed by atoms with Crippen LogP contribution in [0.25, 0.3) is 0 Å². The van der Waals surface area contributed by atoms with Crippen LogP contribution in [0, 0.1) is 20.8 Å². The molecule has 1 atom stereocenters. The van der Waals surface area contributed by atoms with E-state index in [0.717, 1.165) is 41.7 Å². The first-order valence-electron chi connectivity index (χ1n) is 9.29. The van der Waals surface area contributed by atoms with Crippen molar-refractivity contribution in [3.63, 3.8) is 0 Å². The third kappa shape index (κ3) is 3.93. The Morgan fingerprint density at radius 3 is 2.46 bits per heavy atom. The quantitative estimate of drug-likeness (QED) is 0.387. The smallest absolute Gasteiger partial charge is 0.308 e. The number of hydrogen-bond donors (Lipinski definition) is 0. The molecule has 0 aromatic heterocycles. The molecule has 0 aliphatic carbocycles. The summed E-state index contributed by atoms with van der Waals surface area (Å²) < 4.78 is 12.0. The molecule has 3 heteroatoms. The molecular weight excluding hydrogens is 300 g/mol. The fraction of sp³-hybridized carbons (Fsp3) is 0.667. The third-order valence-corrected chi connectivity index (χ3v) is 5.37. The third-order valence-electron chi connectivity index (χ3n) is 5.37. The van der Waals surface area contributed by atoms with Gasteiger partial charge < -0.3 is 9.47 Å². The van der Waals surface area contributed by atoms with E-state index in [4.69, 9.17) is 9.47 Å². The van der Waals surface area contributed by atoms with Gasteiger partial charge in [0.2, 0.25) is 0 Å². The number of benzene rings is 1. The number of fused-ring (bicyclic) bond motifs is 1. The number of carbonyl (C=O) groups is 1. The highest BCUT2D eigenvalue weighted by Gasteiger charge is 2.34. The monoisotopic (exact) mass is 332 g/mol. The highest BCUT2D eigenvalue weighted by atomic mass is 16.5. The van der Waals surface area contributed by atoms with E-state index in [2.05, 4.69) is 20.8 Å². The summed E-state index contributed by atoms with van der Waals surface area (Å²) in [5.74, 6) is 1.47. The normalized spacial score (nSPS) is 19.6. The Bertz CT molecular complexity index is 618. The Hall–Kier alpha value is -1.51. The second kappa shape index (κ2) is 7.58. The van der Waals surface area contributed by atoms with E-state index in [1.165, 1.54) is 38.2 Å². The van der Waals surface area contributed by atoms with E-state index in [1.807, 2.05) is 13.8 Å². The number of rotatable bonds is 6. The molecule has 0 radical (unpaired) electrons. The summed E-state index contributed by atoms with van der Waals surface area (Å²) in [6.45, 7) is 12.1. The van der Waals surface area contributed by atoms with Crippen LogP contribution in [0.5, 0.6) is 11.5 Å². The molecular formula is C21H32O3. The SMILES string of the molecule is CCCCCC[C@@]1(C)CCc2c(C)c(OC(C)=O)c(C)c(C)c2O1. The van der Waals surface area contributed by atoms with Crippen LogP contribution < -0.4 is 9.47 Å². The van der Waals surface area contributed by atoms with Crippen molar-refractivity contribution in [3.05, 3.63) is 22.3 Å². The van der Waals surface area contributed by atoms with Gasteiger partial charge in [-0.05, 0) is 70.1 Å². The number of unbranched alkanes of at least 4 members (excludes halogenated alkanes) is 3. The van der Waals surface area contributed by atoms with Crippen molar-refractivity contribution in [2.75, 3.05) is 0 Å². The first kappa shape index (κ1) is 18.8. The van der Waals surface area contributed by atoms with Gasteiger partial charge in [-0.3, -0.25) is 4.79 Å². The van der Waals surface area contributed by atoms with Crippen molar-refractivity contribution >= 4 is 5.97 Å². The summed E-state index contributed by atoms with van der Waals surface area (Å²) in [6, 6.07) is 0. The lowest BCUT2D eigenvalue weighted by atomic mass is 9.84. The van der Waals surface area contributed by atoms with Gasteiger partial charge in [-0.15, -0.1) is 0 Å². The molecule has 1 aromatic carbocycles. The van der Waals surface area contributed by atoms with Crippen molar-refractivity contribution in [3.8, 4) is 11.5 Å². The van der Waals surface area contributed by atoms with Gasteiger partial charge in [0, 0.05) is 12.5 Å². The van der Waals surface area contributed by atoms with E-state index in [1.54, 1.807) is 0 Å². The number of carbonyl (C=O) groups excluding carboxylic acids is 1. The Labute approximate surface area is 146 Å². The zero-order valence-electron chi connectivity index (χ0n) is 16.2. The molecule has 0 unspecified atom stereocenters. The molecule has 0 amide bonds. The summed E-state index contributed by atoms with van der Waals surface area (Å²) in [5.41, 5.74) is 4.30. The predicted octanol–water partition coefficient (Wildman–Crippen LogP) is 5.59. The molecule has 0 bridgehead atoms. The van der Waals surface area contributed by atoms with Gasteiger partial charge in [0.15, 0.2) is 0 Å². The van der Waals surface area contributed by atoms with Crippen molar-refractivity contribution in [2.45, 2.75) is 92.1 Å². The van der Waals surface area contributed by atoms with Gasteiger partial charge in [0.1, 0.15) is 17.1 Å². The molecule has 0 fully saturated rings. The number of ether oxygens (including phenoxy) is 2. The minimum absolute atomic E-state index is 0.0761. The maximum Gasteiger partial charge on any atom is 0.308 e. The van der Waals surface area contributed by atoms with E-state index in [0.29, 0.717) is 5.75 Å². The molecule has 0 saturated heterocycles. The Balaban J connectivity index is 2.27. The molecule has 0 saturated carbocycles. The average molecular weight is 332 g/mol. The molecule has 1 aliphatic rings. The van der Waals surface area contributed by atoms with Crippen LogP contribution in [0.15, 0.2) is 0 Å². The average Bonchev–Trinajstić information content (AvgIpc) is 2.53. The maximum atomic E-state index is 11.4. The molecule has 1 aromatic rings. The first-order valence-corrected chi connectivity index (χ1v) is 9.29. The maximum absolute atomic E-state index is 11.4. The topological polar surface area (TPSA) is 35.5 Å². The molecule has 24 heavy (non-hydrogen) atoms. The highest BCUT2D eigenvalue weighted by molar-refractivity contribution is 5.72. The summed E-state index contributed by atoms with van der Waals surface area (Å²) in [4.78, 5) is 11.4. The van der Waals surface area contributed by atoms with Crippen LogP contribution in [0.2, 0.25) is 0 Å². The van der Waals surface area contributed by atoms with Crippen LogP contribution in [0.3, 0.4) is 0 Å². The second-order valence-corrected chi connectivity index (χ2v) is 7.47. The summed E-state index contributed by atoms with van der Waals surface area (Å²) in [7, 11) is 0. The zero-order chi connectivity index (χ0) is 17.9. The first-order chi connectivity index (χ1) is 11.3. The molecule has 134 valence electrons. The van der Waals surface area contributed by atoms with Gasteiger partial charge in [0.25, 0.3) is 0 Å². The van der Waals surface area contributed by atoms with Crippen molar-refractivity contribution in [2.24, 2.45) is 0 Å². The van der Waals surface area contributed by atoms with Crippen LogP contribution in [-0.4, -0.2) is 11.6 Å². The van der Waals surface area contributed by atoms with E-state index >= 15 is 0 Å². The molecule has 1 heterocycles. The van der Waals surface area contributed by atoms with Crippen molar-refractivity contribution in [1.29, 1.82) is 0 Å². The van der Waals surface area contributed by atoms with Gasteiger partial charge in [-0.25, -0.2) is 0 Å². The highest BCUT2D eigenvalue weighted by Crippen LogP contribution is 2.44. The van der Waals surface area contributed by atoms with E-state index in [9.17, 15) is 4.79 Å². The minimum Gasteiger partial charge on any atom is -0.487 e. The largest absolute Gasteiger partial charge is 0.487 e. The van der Waals surface area contributed by atoms with Crippen molar-refractivity contribution in [1.82, 2.24) is 0 Å². The molecule has 2 rings (SSSR count). The summed E-state index contributed by atoms with van der Waals surface area (Å²) in [5, 5.41) is 0. The van der Waals surface area contributed by atoms with Gasteiger partial charge in [-0.2, -0.15) is 0 Å². The fourth-order valence-corrected chi connectivity index (χ4v) is 3.68. The van der Waals surface area contributed by atoms with E-state index in [-0.39, 0.29) is 11.6 Å². The number of hydrogen-bond acceptors (Lipinski definition) is 3. The second-order valence-electron chi connectivity index (χ2n) is 7.47. The lowest BCUT2D eigenvalue weighted by Crippen LogP contribution is -2.37. The van der Waals surface area contributed by atoms with Gasteiger partial charge in [-0.1, -0.05) is 26.2 Å². The van der Waals surface area contributed by atoms with Crippen molar-refractivity contribution < 1.29 is 14.3 Å². The summed E-state index contributed by atoms with van der Waals surface area (Å²) in [6.07, 6.45) is 8.19. The Kier molecular flexibility index (Phi) is 5.95. The summed E-state index contributed by atoms with van der Waals surface area (Å²) >= 11 is 0. The molecule has 3 nitrogen and oxygen atoms in total. The van der Waals surface area contributed by atoms with Crippen LogP contribution in [0.4, 0.5) is 0 Å². The van der Waals surface area contributed by atoms with Gasteiger partial charge in [0.05, 0.1) is 0 Å². The van der Waals surface area contributed by atoms with Crippen LogP contribution in [0.1, 0.15) is 81.5 Å². The Morgan fingerprint density at radius 1 is 1.12 bits per heavy atom. The molecule has 1 aliphatic heterocycles. The lowest BCUT2D eigenvalue weighted by Gasteiger charge is -2.38. The minimum atomic E-state index is -0.266. The van der Waals surface area contributed by atoms with Crippen LogP contribution >= 0.6 is 0 Å². The van der Waals surface area contributed by atoms with E-state index < -0.39 is 0 Å². The lowest BCUT2D eigenvalue weighted by molar-refractivity contribution is -0.132.